The molecule has 0 aliphatic carbocycles. The second kappa shape index (κ2) is 4.61. The van der Waals surface area contributed by atoms with E-state index in [4.69, 9.17) is 0 Å². The number of aromatic nitrogens is 2. The van der Waals surface area contributed by atoms with Crippen molar-refractivity contribution in [3.8, 4) is 0 Å². The molecule has 7 heteroatoms. The lowest BCUT2D eigenvalue weighted by Gasteiger charge is -1.99. The Morgan fingerprint density at radius 3 is 2.60 bits per heavy atom. The Hall–Kier alpha value is -1.11. The Balaban J connectivity index is 2.58. The first kappa shape index (κ1) is 12.0. The molecule has 84 valence electrons. The van der Waals surface area contributed by atoms with Crippen molar-refractivity contribution in [2.24, 2.45) is 0 Å². The summed E-state index contributed by atoms with van der Waals surface area (Å²) in [5, 5.41) is 2.92. The first-order valence-corrected chi connectivity index (χ1v) is 4.95. The number of anilines is 1. The molecular weight excluding hydrogens is 227 g/mol. The van der Waals surface area contributed by atoms with Crippen LogP contribution < -0.4 is 5.32 Å². The van der Waals surface area contributed by atoms with Crippen LogP contribution in [-0.2, 0) is 6.18 Å². The predicted molar refractivity (Wildman–Crippen MR) is 52.8 cm³/mol. The molecule has 0 fully saturated rings. The Morgan fingerprint density at radius 1 is 1.47 bits per heavy atom. The van der Waals surface area contributed by atoms with Gasteiger partial charge in [0.05, 0.1) is 0 Å². The number of alkyl halides is 3. The summed E-state index contributed by atoms with van der Waals surface area (Å²) in [5.41, 5.74) is 1.09. The molecule has 1 aromatic rings. The van der Waals surface area contributed by atoms with E-state index >= 15 is 0 Å². The molecule has 3 nitrogen and oxygen atoms in total. The zero-order valence-electron chi connectivity index (χ0n) is 8.22. The van der Waals surface area contributed by atoms with Crippen LogP contribution in [0.4, 0.5) is 18.3 Å². The van der Waals surface area contributed by atoms with Gasteiger partial charge in [-0.05, 0) is 13.8 Å². The lowest BCUT2D eigenvalue weighted by molar-refractivity contribution is -0.144. The molecular formula is C8H10F3N3S. The van der Waals surface area contributed by atoms with E-state index in [0.717, 1.165) is 5.57 Å². The van der Waals surface area contributed by atoms with Crippen LogP contribution >= 0.6 is 11.5 Å². The molecule has 1 heterocycles. The number of halogens is 3. The smallest absolute Gasteiger partial charge is 0.357 e. The maximum absolute atomic E-state index is 12.1. The molecule has 0 aromatic carbocycles. The fourth-order valence-corrected chi connectivity index (χ4v) is 1.35. The molecule has 15 heavy (non-hydrogen) atoms. The number of rotatable bonds is 3. The molecule has 1 aromatic heterocycles. The zero-order chi connectivity index (χ0) is 11.5. The summed E-state index contributed by atoms with van der Waals surface area (Å²) >= 11 is 0.707. The quantitative estimate of drug-likeness (QED) is 0.821. The van der Waals surface area contributed by atoms with Crippen LogP contribution in [0.2, 0.25) is 0 Å². The van der Waals surface area contributed by atoms with Crippen LogP contribution in [0.15, 0.2) is 11.6 Å². The minimum Gasteiger partial charge on any atom is -0.357 e. The van der Waals surface area contributed by atoms with Crippen molar-refractivity contribution in [2.75, 3.05) is 11.9 Å². The Labute approximate surface area is 89.2 Å². The highest BCUT2D eigenvalue weighted by atomic mass is 32.1. The van der Waals surface area contributed by atoms with Gasteiger partial charge in [0.1, 0.15) is 0 Å². The number of hydrogen-bond donors (Lipinski definition) is 1. The fourth-order valence-electron chi connectivity index (χ4n) is 0.753. The summed E-state index contributed by atoms with van der Waals surface area (Å²) in [7, 11) is 0. The number of allylic oxidation sites excluding steroid dienone is 1. The molecule has 0 aliphatic heterocycles. The molecule has 0 saturated carbocycles. The predicted octanol–water partition coefficient (Wildman–Crippen LogP) is 2.94. The number of nitrogens with zero attached hydrogens (tertiary/aromatic N) is 2. The fraction of sp³-hybridized carbons (Fsp3) is 0.500. The minimum atomic E-state index is -4.47. The second-order valence-electron chi connectivity index (χ2n) is 3.08. The summed E-state index contributed by atoms with van der Waals surface area (Å²) in [5.74, 6) is -1.09. The normalized spacial score (nSPS) is 11.3. The van der Waals surface area contributed by atoms with Crippen molar-refractivity contribution in [1.82, 2.24) is 9.36 Å². The average molecular weight is 237 g/mol. The van der Waals surface area contributed by atoms with E-state index in [2.05, 4.69) is 14.7 Å². The first-order valence-electron chi connectivity index (χ1n) is 4.17. The van der Waals surface area contributed by atoms with E-state index in [1.807, 2.05) is 19.9 Å². The van der Waals surface area contributed by atoms with E-state index in [1.54, 1.807) is 0 Å². The van der Waals surface area contributed by atoms with Gasteiger partial charge in [0.15, 0.2) is 0 Å². The average Bonchev–Trinajstić information content (AvgIpc) is 2.51. The molecule has 0 amide bonds. The van der Waals surface area contributed by atoms with Gasteiger partial charge in [-0.1, -0.05) is 11.6 Å². The second-order valence-corrected chi connectivity index (χ2v) is 3.84. The Morgan fingerprint density at radius 2 is 2.13 bits per heavy atom. The van der Waals surface area contributed by atoms with Crippen LogP contribution in [0.5, 0.6) is 0 Å². The van der Waals surface area contributed by atoms with Gasteiger partial charge in [-0.15, -0.1) is 0 Å². The van der Waals surface area contributed by atoms with E-state index < -0.39 is 12.0 Å². The van der Waals surface area contributed by atoms with Gasteiger partial charge in [-0.3, -0.25) is 0 Å². The summed E-state index contributed by atoms with van der Waals surface area (Å²) in [4.78, 5) is 3.32. The number of hydrogen-bond acceptors (Lipinski definition) is 4. The highest BCUT2D eigenvalue weighted by Crippen LogP contribution is 2.28. The SMILES string of the molecule is CC(C)=CCNc1nc(C(F)(F)F)ns1. The number of nitrogens with one attached hydrogen (secondary N) is 1. The van der Waals surface area contributed by atoms with Gasteiger partial charge in [0, 0.05) is 18.1 Å². The minimum absolute atomic E-state index is 0.180. The molecule has 0 saturated heterocycles. The highest BCUT2D eigenvalue weighted by molar-refractivity contribution is 7.09. The standard InChI is InChI=1S/C8H10F3N3S/c1-5(2)3-4-12-7-13-6(14-15-7)8(9,10)11/h3H,4H2,1-2H3,(H,12,13,14). The molecule has 1 rings (SSSR count). The lowest BCUT2D eigenvalue weighted by atomic mass is 10.3. The molecule has 0 unspecified atom stereocenters. The van der Waals surface area contributed by atoms with Crippen LogP contribution in [0.3, 0.4) is 0 Å². The van der Waals surface area contributed by atoms with Gasteiger partial charge < -0.3 is 5.32 Å². The summed E-state index contributed by atoms with van der Waals surface area (Å²) in [6.45, 7) is 4.26. The Bertz CT molecular complexity index is 352. The van der Waals surface area contributed by atoms with Crippen molar-refractivity contribution in [2.45, 2.75) is 20.0 Å². The monoisotopic (exact) mass is 237 g/mol. The zero-order valence-corrected chi connectivity index (χ0v) is 9.04. The van der Waals surface area contributed by atoms with Crippen molar-refractivity contribution in [3.63, 3.8) is 0 Å². The molecule has 1 N–H and O–H groups in total. The van der Waals surface area contributed by atoms with Crippen molar-refractivity contribution < 1.29 is 13.2 Å². The maximum Gasteiger partial charge on any atom is 0.452 e. The van der Waals surface area contributed by atoms with Gasteiger partial charge >= 0.3 is 6.18 Å². The van der Waals surface area contributed by atoms with Gasteiger partial charge in [-0.25, -0.2) is 0 Å². The van der Waals surface area contributed by atoms with E-state index in [9.17, 15) is 13.2 Å². The van der Waals surface area contributed by atoms with E-state index in [1.165, 1.54) is 0 Å². The Kier molecular flexibility index (Phi) is 3.67. The molecule has 0 aliphatic rings. The summed E-state index contributed by atoms with van der Waals surface area (Å²) in [6, 6.07) is 0. The van der Waals surface area contributed by atoms with E-state index in [0.29, 0.717) is 18.1 Å². The van der Waals surface area contributed by atoms with Crippen LogP contribution in [-0.4, -0.2) is 15.9 Å². The van der Waals surface area contributed by atoms with Gasteiger partial charge in [0.2, 0.25) is 11.0 Å². The van der Waals surface area contributed by atoms with Gasteiger partial charge in [0.25, 0.3) is 0 Å². The molecule has 0 radical (unpaired) electrons. The molecule has 0 atom stereocenters. The van der Waals surface area contributed by atoms with Crippen molar-refractivity contribution in [1.29, 1.82) is 0 Å². The van der Waals surface area contributed by atoms with Crippen molar-refractivity contribution in [3.05, 3.63) is 17.5 Å². The third-order valence-corrected chi connectivity index (χ3v) is 2.12. The van der Waals surface area contributed by atoms with Crippen LogP contribution in [0.25, 0.3) is 0 Å². The third-order valence-electron chi connectivity index (χ3n) is 1.44. The topological polar surface area (TPSA) is 37.8 Å². The largest absolute Gasteiger partial charge is 0.452 e. The van der Waals surface area contributed by atoms with Crippen LogP contribution in [0.1, 0.15) is 19.7 Å². The maximum atomic E-state index is 12.1. The molecule has 0 spiro atoms. The van der Waals surface area contributed by atoms with Gasteiger partial charge in [-0.2, -0.15) is 22.5 Å². The summed E-state index contributed by atoms with van der Waals surface area (Å²) in [6.07, 6.45) is -2.61. The van der Waals surface area contributed by atoms with Crippen molar-refractivity contribution >= 4 is 16.7 Å². The third kappa shape index (κ3) is 3.86. The van der Waals surface area contributed by atoms with E-state index in [-0.39, 0.29) is 5.13 Å². The van der Waals surface area contributed by atoms with Crippen LogP contribution in [0, 0.1) is 0 Å². The lowest BCUT2D eigenvalue weighted by Crippen LogP contribution is -2.07. The molecule has 0 bridgehead atoms. The first-order chi connectivity index (χ1) is 6.89. The highest BCUT2D eigenvalue weighted by Gasteiger charge is 2.35. The summed E-state index contributed by atoms with van der Waals surface area (Å²) < 4.78 is 39.5.